The normalized spacial score (nSPS) is 10.7. The summed E-state index contributed by atoms with van der Waals surface area (Å²) in [5, 5.41) is 18.1. The second-order valence-corrected chi connectivity index (χ2v) is 5.84. The highest BCUT2D eigenvalue weighted by molar-refractivity contribution is 7.98. The van der Waals surface area contributed by atoms with Crippen LogP contribution in [0, 0.1) is 0 Å². The van der Waals surface area contributed by atoms with E-state index in [4.69, 9.17) is 5.11 Å². The monoisotopic (exact) mass is 326 g/mol. The summed E-state index contributed by atoms with van der Waals surface area (Å²) in [6.45, 7) is 0. The number of hydrogen-bond donors (Lipinski definition) is 1. The third kappa shape index (κ3) is 3.40. The van der Waals surface area contributed by atoms with Gasteiger partial charge in [-0.25, -0.2) is 4.79 Å². The van der Waals surface area contributed by atoms with Crippen LogP contribution in [-0.2, 0) is 12.8 Å². The number of benzene rings is 1. The standard InChI is InChI=1S/C16H14N4O2S/c1-20-14(13-3-2-8-17-9-13)18-19-16(20)23-10-11-4-6-12(7-5-11)15(21)22/h2-9H,10H2,1H3,(H,21,22). The molecule has 0 atom stereocenters. The number of carbonyl (C=O) groups is 1. The van der Waals surface area contributed by atoms with E-state index in [9.17, 15) is 4.79 Å². The highest BCUT2D eigenvalue weighted by atomic mass is 32.2. The quantitative estimate of drug-likeness (QED) is 0.726. The Morgan fingerprint density at radius 2 is 2.00 bits per heavy atom. The van der Waals surface area contributed by atoms with E-state index in [1.165, 1.54) is 0 Å². The summed E-state index contributed by atoms with van der Waals surface area (Å²) >= 11 is 1.55. The van der Waals surface area contributed by atoms with E-state index in [2.05, 4.69) is 15.2 Å². The van der Waals surface area contributed by atoms with Crippen LogP contribution in [0.2, 0.25) is 0 Å². The zero-order valence-corrected chi connectivity index (χ0v) is 13.2. The molecular formula is C16H14N4O2S. The van der Waals surface area contributed by atoms with E-state index in [-0.39, 0.29) is 5.56 Å². The predicted molar refractivity (Wildman–Crippen MR) is 87.2 cm³/mol. The van der Waals surface area contributed by atoms with Crippen LogP contribution in [0.3, 0.4) is 0 Å². The minimum Gasteiger partial charge on any atom is -0.478 e. The van der Waals surface area contributed by atoms with Crippen LogP contribution < -0.4 is 0 Å². The molecule has 0 spiro atoms. The molecule has 0 bridgehead atoms. The summed E-state index contributed by atoms with van der Waals surface area (Å²) in [6.07, 6.45) is 3.47. The van der Waals surface area contributed by atoms with Gasteiger partial charge in [-0.1, -0.05) is 23.9 Å². The maximum atomic E-state index is 10.8. The van der Waals surface area contributed by atoms with Crippen molar-refractivity contribution < 1.29 is 9.90 Å². The average Bonchev–Trinajstić information content (AvgIpc) is 2.95. The van der Waals surface area contributed by atoms with Gasteiger partial charge >= 0.3 is 5.97 Å². The van der Waals surface area contributed by atoms with Gasteiger partial charge in [0.25, 0.3) is 0 Å². The summed E-state index contributed by atoms with van der Waals surface area (Å²) in [5.74, 6) is 0.541. The number of carboxylic acids is 1. The Hall–Kier alpha value is -2.67. The number of pyridine rings is 1. The van der Waals surface area contributed by atoms with Gasteiger partial charge in [0.05, 0.1) is 5.56 Å². The van der Waals surface area contributed by atoms with Crippen molar-refractivity contribution in [2.75, 3.05) is 0 Å². The van der Waals surface area contributed by atoms with Gasteiger partial charge in [-0.15, -0.1) is 10.2 Å². The first-order chi connectivity index (χ1) is 11.1. The molecule has 23 heavy (non-hydrogen) atoms. The molecule has 0 aliphatic rings. The molecule has 6 nitrogen and oxygen atoms in total. The minimum absolute atomic E-state index is 0.288. The molecular weight excluding hydrogens is 312 g/mol. The Labute approximate surface area is 137 Å². The molecule has 0 radical (unpaired) electrons. The predicted octanol–water partition coefficient (Wildman–Crippen LogP) is 2.87. The van der Waals surface area contributed by atoms with Crippen LogP contribution in [0.1, 0.15) is 15.9 Å². The Morgan fingerprint density at radius 3 is 2.65 bits per heavy atom. The van der Waals surface area contributed by atoms with Crippen molar-refractivity contribution in [2.24, 2.45) is 7.05 Å². The molecule has 1 N–H and O–H groups in total. The number of hydrogen-bond acceptors (Lipinski definition) is 5. The molecule has 0 unspecified atom stereocenters. The fourth-order valence-corrected chi connectivity index (χ4v) is 2.95. The molecule has 116 valence electrons. The highest BCUT2D eigenvalue weighted by Crippen LogP contribution is 2.24. The Kier molecular flexibility index (Phi) is 4.38. The van der Waals surface area contributed by atoms with Gasteiger partial charge in [0.2, 0.25) is 0 Å². The molecule has 1 aromatic carbocycles. The Bertz CT molecular complexity index is 816. The summed E-state index contributed by atoms with van der Waals surface area (Å²) in [4.78, 5) is 14.9. The maximum absolute atomic E-state index is 10.8. The summed E-state index contributed by atoms with van der Waals surface area (Å²) in [5.41, 5.74) is 2.24. The van der Waals surface area contributed by atoms with Crippen molar-refractivity contribution in [1.29, 1.82) is 0 Å². The molecule has 0 saturated carbocycles. The minimum atomic E-state index is -0.918. The zero-order valence-electron chi connectivity index (χ0n) is 12.4. The van der Waals surface area contributed by atoms with Crippen LogP contribution in [0.25, 0.3) is 11.4 Å². The van der Waals surface area contributed by atoms with Gasteiger partial charge in [-0.05, 0) is 29.8 Å². The molecule has 0 aliphatic carbocycles. The van der Waals surface area contributed by atoms with Crippen molar-refractivity contribution in [3.8, 4) is 11.4 Å². The third-order valence-electron chi connectivity index (χ3n) is 3.32. The van der Waals surface area contributed by atoms with Crippen LogP contribution in [0.5, 0.6) is 0 Å². The van der Waals surface area contributed by atoms with Gasteiger partial charge in [0, 0.05) is 30.8 Å². The molecule has 3 rings (SSSR count). The van der Waals surface area contributed by atoms with Crippen LogP contribution >= 0.6 is 11.8 Å². The SMILES string of the molecule is Cn1c(SCc2ccc(C(=O)O)cc2)nnc1-c1cccnc1. The van der Waals surface area contributed by atoms with Gasteiger partial charge in [0.1, 0.15) is 0 Å². The third-order valence-corrected chi connectivity index (χ3v) is 4.41. The van der Waals surface area contributed by atoms with E-state index in [0.717, 1.165) is 22.1 Å². The fraction of sp³-hybridized carbons (Fsp3) is 0.125. The first kappa shape index (κ1) is 15.2. The Morgan fingerprint density at radius 1 is 1.22 bits per heavy atom. The van der Waals surface area contributed by atoms with E-state index in [1.807, 2.05) is 35.9 Å². The van der Waals surface area contributed by atoms with Crippen LogP contribution in [-0.4, -0.2) is 30.8 Å². The number of aromatic carboxylic acids is 1. The first-order valence-electron chi connectivity index (χ1n) is 6.90. The van der Waals surface area contributed by atoms with Gasteiger partial charge in [-0.3, -0.25) is 4.98 Å². The van der Waals surface area contributed by atoms with Crippen molar-refractivity contribution in [3.05, 3.63) is 59.9 Å². The molecule has 0 fully saturated rings. The van der Waals surface area contributed by atoms with E-state index in [0.29, 0.717) is 5.75 Å². The number of thioether (sulfide) groups is 1. The fourth-order valence-electron chi connectivity index (χ4n) is 2.08. The molecule has 0 amide bonds. The van der Waals surface area contributed by atoms with Crippen molar-refractivity contribution in [3.63, 3.8) is 0 Å². The summed E-state index contributed by atoms with van der Waals surface area (Å²) in [7, 11) is 1.91. The maximum Gasteiger partial charge on any atom is 0.335 e. The number of nitrogens with zero attached hydrogens (tertiary/aromatic N) is 4. The molecule has 2 aromatic heterocycles. The number of rotatable bonds is 5. The second kappa shape index (κ2) is 6.62. The molecule has 7 heteroatoms. The lowest BCUT2D eigenvalue weighted by Crippen LogP contribution is -1.96. The smallest absolute Gasteiger partial charge is 0.335 e. The van der Waals surface area contributed by atoms with E-state index >= 15 is 0 Å². The molecule has 2 heterocycles. The lowest BCUT2D eigenvalue weighted by molar-refractivity contribution is 0.0697. The number of aromatic nitrogens is 4. The lowest BCUT2D eigenvalue weighted by Gasteiger charge is -2.04. The largest absolute Gasteiger partial charge is 0.478 e. The van der Waals surface area contributed by atoms with Crippen molar-refractivity contribution in [1.82, 2.24) is 19.7 Å². The molecule has 3 aromatic rings. The molecule has 0 saturated heterocycles. The van der Waals surface area contributed by atoms with E-state index in [1.54, 1.807) is 36.3 Å². The van der Waals surface area contributed by atoms with E-state index < -0.39 is 5.97 Å². The first-order valence-corrected chi connectivity index (χ1v) is 7.88. The van der Waals surface area contributed by atoms with Crippen molar-refractivity contribution >= 4 is 17.7 Å². The van der Waals surface area contributed by atoms with Gasteiger partial charge in [-0.2, -0.15) is 0 Å². The van der Waals surface area contributed by atoms with Gasteiger partial charge < -0.3 is 9.67 Å². The van der Waals surface area contributed by atoms with Gasteiger partial charge in [0.15, 0.2) is 11.0 Å². The number of carboxylic acid groups (broad SMARTS) is 1. The summed E-state index contributed by atoms with van der Waals surface area (Å²) in [6, 6.07) is 10.6. The van der Waals surface area contributed by atoms with Crippen molar-refractivity contribution in [2.45, 2.75) is 10.9 Å². The van der Waals surface area contributed by atoms with Crippen LogP contribution in [0.15, 0.2) is 53.9 Å². The average molecular weight is 326 g/mol. The zero-order chi connectivity index (χ0) is 16.2. The second-order valence-electron chi connectivity index (χ2n) is 4.90. The van der Waals surface area contributed by atoms with Crippen LogP contribution in [0.4, 0.5) is 0 Å². The highest BCUT2D eigenvalue weighted by Gasteiger charge is 2.11. The lowest BCUT2D eigenvalue weighted by atomic mass is 10.1. The topological polar surface area (TPSA) is 80.9 Å². The Balaban J connectivity index is 1.72. The molecule has 0 aliphatic heterocycles. The summed E-state index contributed by atoms with van der Waals surface area (Å²) < 4.78 is 1.92.